The third-order valence-corrected chi connectivity index (χ3v) is 4.15. The Morgan fingerprint density at radius 1 is 1.48 bits per heavy atom. The Morgan fingerprint density at radius 3 is 3.04 bits per heavy atom. The number of hydrogen-bond acceptors (Lipinski definition) is 5. The number of aliphatic hydroxyl groups excluding tert-OH is 1. The number of aryl methyl sites for hydroxylation is 1. The summed E-state index contributed by atoms with van der Waals surface area (Å²) in [6, 6.07) is 4.45. The summed E-state index contributed by atoms with van der Waals surface area (Å²) in [5.74, 6) is -0.327. The number of β-amino-alcohol motifs (C(OH)–C–C–N with tert-alkyl or cyclic N) is 1. The molecular formula is C18H20FN3O3. The second kappa shape index (κ2) is 7.57. The number of nitrogens with zero attached hydrogens (tertiary/aromatic N) is 3. The molecular weight excluding hydrogens is 325 g/mol. The molecule has 132 valence electrons. The van der Waals surface area contributed by atoms with Crippen molar-refractivity contribution in [2.45, 2.75) is 32.3 Å². The van der Waals surface area contributed by atoms with Crippen molar-refractivity contribution in [3.05, 3.63) is 47.7 Å². The van der Waals surface area contributed by atoms with Crippen LogP contribution in [-0.2, 0) is 11.2 Å². The van der Waals surface area contributed by atoms with Gasteiger partial charge in [0.2, 0.25) is 11.8 Å². The van der Waals surface area contributed by atoms with Gasteiger partial charge in [0, 0.05) is 24.8 Å². The van der Waals surface area contributed by atoms with Gasteiger partial charge in [0.05, 0.1) is 12.5 Å². The standard InChI is InChI=1S/C18H20FN3O3/c1-12-9-20-11-21-18(12)25-16-5-4-13(7-15(16)19)8-17(24)22-6-2-3-14(23)10-22/h4-5,7,9,11,14,23H,2-3,6,8,10H2,1H3. The third kappa shape index (κ3) is 4.30. The van der Waals surface area contributed by atoms with E-state index in [0.717, 1.165) is 6.42 Å². The molecule has 1 aliphatic heterocycles. The lowest BCUT2D eigenvalue weighted by Gasteiger charge is -2.30. The summed E-state index contributed by atoms with van der Waals surface area (Å²) in [7, 11) is 0. The average Bonchev–Trinajstić information content (AvgIpc) is 2.59. The van der Waals surface area contributed by atoms with Gasteiger partial charge >= 0.3 is 0 Å². The fourth-order valence-electron chi connectivity index (χ4n) is 2.80. The number of rotatable bonds is 4. The fraction of sp³-hybridized carbons (Fsp3) is 0.389. The van der Waals surface area contributed by atoms with Crippen LogP contribution >= 0.6 is 0 Å². The predicted octanol–water partition coefficient (Wildman–Crippen LogP) is 2.24. The highest BCUT2D eigenvalue weighted by Gasteiger charge is 2.22. The molecule has 1 aromatic heterocycles. The first-order chi connectivity index (χ1) is 12.0. The van der Waals surface area contributed by atoms with E-state index in [9.17, 15) is 14.3 Å². The van der Waals surface area contributed by atoms with E-state index in [1.165, 1.54) is 18.5 Å². The smallest absolute Gasteiger partial charge is 0.227 e. The number of hydrogen-bond donors (Lipinski definition) is 1. The van der Waals surface area contributed by atoms with Crippen molar-refractivity contribution >= 4 is 5.91 Å². The minimum Gasteiger partial charge on any atom is -0.436 e. The number of carbonyl (C=O) groups is 1. The molecule has 2 heterocycles. The van der Waals surface area contributed by atoms with Gasteiger partial charge in [0.25, 0.3) is 0 Å². The van der Waals surface area contributed by atoms with Gasteiger partial charge in [0.1, 0.15) is 6.33 Å². The minimum absolute atomic E-state index is 0.0476. The van der Waals surface area contributed by atoms with Crippen molar-refractivity contribution in [3.8, 4) is 11.6 Å². The highest BCUT2D eigenvalue weighted by molar-refractivity contribution is 5.79. The van der Waals surface area contributed by atoms with Gasteiger partial charge in [-0.1, -0.05) is 6.07 Å². The summed E-state index contributed by atoms with van der Waals surface area (Å²) in [6.45, 7) is 2.75. The quantitative estimate of drug-likeness (QED) is 0.920. The van der Waals surface area contributed by atoms with Crippen molar-refractivity contribution in [2.24, 2.45) is 0 Å². The van der Waals surface area contributed by atoms with Crippen LogP contribution in [0.15, 0.2) is 30.7 Å². The van der Waals surface area contributed by atoms with E-state index >= 15 is 0 Å². The van der Waals surface area contributed by atoms with Crippen LogP contribution in [0.1, 0.15) is 24.0 Å². The number of halogens is 1. The summed E-state index contributed by atoms with van der Waals surface area (Å²) >= 11 is 0. The molecule has 1 fully saturated rings. The van der Waals surface area contributed by atoms with E-state index in [1.807, 2.05) is 0 Å². The second-order valence-corrected chi connectivity index (χ2v) is 6.19. The highest BCUT2D eigenvalue weighted by Crippen LogP contribution is 2.26. The van der Waals surface area contributed by atoms with Crippen LogP contribution in [-0.4, -0.2) is 45.1 Å². The molecule has 1 aromatic carbocycles. The molecule has 1 saturated heterocycles. The maximum atomic E-state index is 14.3. The lowest BCUT2D eigenvalue weighted by Crippen LogP contribution is -2.42. The SMILES string of the molecule is Cc1cncnc1Oc1ccc(CC(=O)N2CCCC(O)C2)cc1F. The zero-order valence-corrected chi connectivity index (χ0v) is 14.0. The number of ether oxygens (including phenoxy) is 1. The Balaban J connectivity index is 1.67. The molecule has 3 rings (SSSR count). The van der Waals surface area contributed by atoms with E-state index < -0.39 is 11.9 Å². The van der Waals surface area contributed by atoms with Gasteiger partial charge in [-0.2, -0.15) is 0 Å². The zero-order valence-electron chi connectivity index (χ0n) is 14.0. The molecule has 25 heavy (non-hydrogen) atoms. The topological polar surface area (TPSA) is 75.6 Å². The number of benzene rings is 1. The molecule has 7 heteroatoms. The van der Waals surface area contributed by atoms with Crippen LogP contribution in [0.2, 0.25) is 0 Å². The number of likely N-dealkylation sites (tertiary alicyclic amines) is 1. The van der Waals surface area contributed by atoms with Crippen molar-refractivity contribution < 1.29 is 19.0 Å². The zero-order chi connectivity index (χ0) is 17.8. The van der Waals surface area contributed by atoms with Gasteiger partial charge in [-0.15, -0.1) is 0 Å². The van der Waals surface area contributed by atoms with E-state index in [-0.39, 0.29) is 18.1 Å². The number of amides is 1. The molecule has 2 aromatic rings. The van der Waals surface area contributed by atoms with Crippen LogP contribution in [0.4, 0.5) is 4.39 Å². The Bertz CT molecular complexity index is 769. The van der Waals surface area contributed by atoms with Gasteiger partial charge in [-0.3, -0.25) is 4.79 Å². The number of aliphatic hydroxyl groups is 1. The van der Waals surface area contributed by atoms with Crippen LogP contribution in [0, 0.1) is 12.7 Å². The molecule has 0 spiro atoms. The van der Waals surface area contributed by atoms with E-state index in [4.69, 9.17) is 4.74 Å². The molecule has 6 nitrogen and oxygen atoms in total. The maximum Gasteiger partial charge on any atom is 0.227 e. The van der Waals surface area contributed by atoms with Gasteiger partial charge in [0.15, 0.2) is 11.6 Å². The Kier molecular flexibility index (Phi) is 5.23. The minimum atomic E-state index is -0.554. The fourth-order valence-corrected chi connectivity index (χ4v) is 2.80. The van der Waals surface area contributed by atoms with Crippen molar-refractivity contribution in [1.82, 2.24) is 14.9 Å². The third-order valence-electron chi connectivity index (χ3n) is 4.15. The molecule has 1 aliphatic rings. The number of piperidine rings is 1. The van der Waals surface area contributed by atoms with Crippen LogP contribution in [0.25, 0.3) is 0 Å². The summed E-state index contributed by atoms with van der Waals surface area (Å²) < 4.78 is 19.8. The van der Waals surface area contributed by atoms with E-state index in [1.54, 1.807) is 24.1 Å². The average molecular weight is 345 g/mol. The lowest BCUT2D eigenvalue weighted by molar-refractivity contribution is -0.133. The molecule has 1 N–H and O–H groups in total. The van der Waals surface area contributed by atoms with Gasteiger partial charge < -0.3 is 14.7 Å². The van der Waals surface area contributed by atoms with Gasteiger partial charge in [-0.05, 0) is 37.5 Å². The first kappa shape index (κ1) is 17.3. The van der Waals surface area contributed by atoms with Crippen LogP contribution in [0.5, 0.6) is 11.6 Å². The lowest BCUT2D eigenvalue weighted by atomic mass is 10.1. The van der Waals surface area contributed by atoms with Crippen molar-refractivity contribution in [3.63, 3.8) is 0 Å². The molecule has 0 saturated carbocycles. The normalized spacial score (nSPS) is 17.4. The molecule has 1 atom stereocenters. The summed E-state index contributed by atoms with van der Waals surface area (Å²) in [6.07, 6.45) is 4.04. The van der Waals surface area contributed by atoms with E-state index in [0.29, 0.717) is 36.5 Å². The first-order valence-electron chi connectivity index (χ1n) is 8.21. The molecule has 1 unspecified atom stereocenters. The molecule has 1 amide bonds. The summed E-state index contributed by atoms with van der Waals surface area (Å²) in [5, 5.41) is 9.66. The van der Waals surface area contributed by atoms with Gasteiger partial charge in [-0.25, -0.2) is 14.4 Å². The highest BCUT2D eigenvalue weighted by atomic mass is 19.1. The largest absolute Gasteiger partial charge is 0.436 e. The second-order valence-electron chi connectivity index (χ2n) is 6.19. The van der Waals surface area contributed by atoms with Crippen molar-refractivity contribution in [1.29, 1.82) is 0 Å². The monoisotopic (exact) mass is 345 g/mol. The van der Waals surface area contributed by atoms with Crippen LogP contribution in [0.3, 0.4) is 0 Å². The molecule has 0 radical (unpaired) electrons. The maximum absolute atomic E-state index is 14.3. The summed E-state index contributed by atoms with van der Waals surface area (Å²) in [5.41, 5.74) is 1.26. The number of aromatic nitrogens is 2. The Morgan fingerprint density at radius 2 is 2.32 bits per heavy atom. The first-order valence-corrected chi connectivity index (χ1v) is 8.21. The summed E-state index contributed by atoms with van der Waals surface area (Å²) in [4.78, 5) is 21.7. The molecule has 0 bridgehead atoms. The van der Waals surface area contributed by atoms with Crippen LogP contribution < -0.4 is 4.74 Å². The molecule has 0 aliphatic carbocycles. The Labute approximate surface area is 145 Å². The van der Waals surface area contributed by atoms with Crippen molar-refractivity contribution in [2.75, 3.05) is 13.1 Å². The van der Waals surface area contributed by atoms with E-state index in [2.05, 4.69) is 9.97 Å². The number of carbonyl (C=O) groups excluding carboxylic acids is 1. The Hall–Kier alpha value is -2.54. The predicted molar refractivity (Wildman–Crippen MR) is 88.8 cm³/mol.